The zero-order valence-electron chi connectivity index (χ0n) is 9.73. The Bertz CT molecular complexity index is 388. The summed E-state index contributed by atoms with van der Waals surface area (Å²) in [5.41, 5.74) is 5.98. The van der Waals surface area contributed by atoms with E-state index in [0.717, 1.165) is 0 Å². The molecule has 88 valence electrons. The standard InChI is InChI=1S/C12H17NO3/c1-7(2)8(3)16-12(15)9-4-5-10(13)11(14)6-9/h4-8,14H,13H2,1-3H3. The molecule has 0 amide bonds. The number of benzene rings is 1. The number of aromatic hydroxyl groups is 1. The number of ether oxygens (including phenoxy) is 1. The lowest BCUT2D eigenvalue weighted by Crippen LogP contribution is -2.20. The molecule has 1 rings (SSSR count). The van der Waals surface area contributed by atoms with E-state index in [2.05, 4.69) is 0 Å². The van der Waals surface area contributed by atoms with Gasteiger partial charge < -0.3 is 15.6 Å². The van der Waals surface area contributed by atoms with Gasteiger partial charge in [0.05, 0.1) is 11.3 Å². The number of carbonyl (C=O) groups excluding carboxylic acids is 1. The van der Waals surface area contributed by atoms with Crippen molar-refractivity contribution in [2.75, 3.05) is 5.73 Å². The van der Waals surface area contributed by atoms with Gasteiger partial charge in [0.2, 0.25) is 0 Å². The maximum absolute atomic E-state index is 11.6. The number of carbonyl (C=O) groups is 1. The van der Waals surface area contributed by atoms with Gasteiger partial charge in [0.15, 0.2) is 0 Å². The summed E-state index contributed by atoms with van der Waals surface area (Å²) < 4.78 is 5.20. The van der Waals surface area contributed by atoms with Crippen molar-refractivity contribution >= 4 is 11.7 Å². The molecule has 4 nitrogen and oxygen atoms in total. The molecule has 0 aliphatic heterocycles. The first-order chi connectivity index (χ1) is 7.41. The van der Waals surface area contributed by atoms with E-state index in [0.29, 0.717) is 5.56 Å². The van der Waals surface area contributed by atoms with E-state index in [1.807, 2.05) is 20.8 Å². The highest BCUT2D eigenvalue weighted by molar-refractivity contribution is 5.90. The van der Waals surface area contributed by atoms with Gasteiger partial charge in [-0.05, 0) is 31.0 Å². The van der Waals surface area contributed by atoms with E-state index < -0.39 is 5.97 Å². The van der Waals surface area contributed by atoms with Crippen LogP contribution in [0.2, 0.25) is 0 Å². The van der Waals surface area contributed by atoms with Crippen LogP contribution in [0.15, 0.2) is 18.2 Å². The molecule has 0 aliphatic rings. The van der Waals surface area contributed by atoms with Crippen LogP contribution in [-0.4, -0.2) is 17.2 Å². The Labute approximate surface area is 95.0 Å². The zero-order chi connectivity index (χ0) is 12.3. The molecule has 0 saturated carbocycles. The normalized spacial score (nSPS) is 12.5. The number of phenolic OH excluding ortho intramolecular Hbond substituents is 1. The van der Waals surface area contributed by atoms with Crippen molar-refractivity contribution in [3.05, 3.63) is 23.8 Å². The van der Waals surface area contributed by atoms with Crippen LogP contribution in [0.5, 0.6) is 5.75 Å². The molecule has 0 aromatic heterocycles. The number of hydrogen-bond donors (Lipinski definition) is 2. The van der Waals surface area contributed by atoms with E-state index >= 15 is 0 Å². The third kappa shape index (κ3) is 2.89. The average Bonchev–Trinajstić information content (AvgIpc) is 2.21. The zero-order valence-corrected chi connectivity index (χ0v) is 9.73. The van der Waals surface area contributed by atoms with Crippen molar-refractivity contribution in [2.45, 2.75) is 26.9 Å². The smallest absolute Gasteiger partial charge is 0.338 e. The Morgan fingerprint density at radius 2 is 2.00 bits per heavy atom. The van der Waals surface area contributed by atoms with Gasteiger partial charge in [-0.1, -0.05) is 13.8 Å². The fourth-order valence-electron chi connectivity index (χ4n) is 1.04. The Hall–Kier alpha value is -1.71. The lowest BCUT2D eigenvalue weighted by atomic mass is 10.1. The fraction of sp³-hybridized carbons (Fsp3) is 0.417. The van der Waals surface area contributed by atoms with Crippen LogP contribution in [0.3, 0.4) is 0 Å². The first kappa shape index (κ1) is 12.4. The first-order valence-electron chi connectivity index (χ1n) is 5.21. The second kappa shape index (κ2) is 4.88. The minimum Gasteiger partial charge on any atom is -0.506 e. The summed E-state index contributed by atoms with van der Waals surface area (Å²) in [6.07, 6.45) is -0.160. The quantitative estimate of drug-likeness (QED) is 0.468. The molecule has 0 fully saturated rings. The van der Waals surface area contributed by atoms with Gasteiger partial charge in [-0.25, -0.2) is 4.79 Å². The highest BCUT2D eigenvalue weighted by Crippen LogP contribution is 2.21. The summed E-state index contributed by atoms with van der Waals surface area (Å²) >= 11 is 0. The molecule has 0 heterocycles. The van der Waals surface area contributed by atoms with E-state index in [1.54, 1.807) is 0 Å². The lowest BCUT2D eigenvalue weighted by Gasteiger charge is -2.16. The monoisotopic (exact) mass is 223 g/mol. The molecule has 3 N–H and O–H groups in total. The van der Waals surface area contributed by atoms with Crippen molar-refractivity contribution in [1.29, 1.82) is 0 Å². The minimum absolute atomic E-state index is 0.105. The largest absolute Gasteiger partial charge is 0.506 e. The molecule has 1 aromatic rings. The third-order valence-electron chi connectivity index (χ3n) is 2.50. The second-order valence-corrected chi connectivity index (χ2v) is 4.13. The molecular weight excluding hydrogens is 206 g/mol. The van der Waals surface area contributed by atoms with Crippen molar-refractivity contribution in [1.82, 2.24) is 0 Å². The van der Waals surface area contributed by atoms with Crippen LogP contribution < -0.4 is 5.73 Å². The summed E-state index contributed by atoms with van der Waals surface area (Å²) in [6, 6.07) is 4.32. The van der Waals surface area contributed by atoms with Gasteiger partial charge >= 0.3 is 5.97 Å². The minimum atomic E-state index is -0.448. The Morgan fingerprint density at radius 3 is 2.50 bits per heavy atom. The van der Waals surface area contributed by atoms with Gasteiger partial charge in [-0.2, -0.15) is 0 Å². The Balaban J connectivity index is 2.77. The van der Waals surface area contributed by atoms with E-state index in [1.165, 1.54) is 18.2 Å². The van der Waals surface area contributed by atoms with Crippen LogP contribution in [0.4, 0.5) is 5.69 Å². The molecule has 16 heavy (non-hydrogen) atoms. The molecule has 1 aromatic carbocycles. The number of rotatable bonds is 3. The molecule has 0 bridgehead atoms. The predicted molar refractivity (Wildman–Crippen MR) is 62.2 cm³/mol. The number of hydrogen-bond acceptors (Lipinski definition) is 4. The van der Waals surface area contributed by atoms with Gasteiger partial charge in [0, 0.05) is 0 Å². The van der Waals surface area contributed by atoms with Gasteiger partial charge in [0.25, 0.3) is 0 Å². The molecular formula is C12H17NO3. The fourth-order valence-corrected chi connectivity index (χ4v) is 1.04. The van der Waals surface area contributed by atoms with Crippen LogP contribution in [-0.2, 0) is 4.74 Å². The summed E-state index contributed by atoms with van der Waals surface area (Å²) in [4.78, 5) is 11.6. The lowest BCUT2D eigenvalue weighted by molar-refractivity contribution is 0.0237. The summed E-state index contributed by atoms with van der Waals surface area (Å²) in [5.74, 6) is -0.297. The second-order valence-electron chi connectivity index (χ2n) is 4.13. The molecule has 1 unspecified atom stereocenters. The topological polar surface area (TPSA) is 72.5 Å². The molecule has 0 radical (unpaired) electrons. The van der Waals surface area contributed by atoms with E-state index in [9.17, 15) is 9.90 Å². The number of esters is 1. The Morgan fingerprint density at radius 1 is 1.38 bits per heavy atom. The van der Waals surface area contributed by atoms with Gasteiger partial charge in [-0.15, -0.1) is 0 Å². The van der Waals surface area contributed by atoms with Gasteiger partial charge in [-0.3, -0.25) is 0 Å². The summed E-state index contributed by atoms with van der Waals surface area (Å²) in [7, 11) is 0. The number of anilines is 1. The maximum atomic E-state index is 11.6. The number of phenols is 1. The maximum Gasteiger partial charge on any atom is 0.338 e. The highest BCUT2D eigenvalue weighted by Gasteiger charge is 2.15. The van der Waals surface area contributed by atoms with E-state index in [-0.39, 0.29) is 23.5 Å². The Kier molecular flexibility index (Phi) is 3.77. The molecule has 0 spiro atoms. The summed E-state index contributed by atoms with van der Waals surface area (Å²) in [6.45, 7) is 5.77. The third-order valence-corrected chi connectivity index (χ3v) is 2.50. The molecule has 4 heteroatoms. The van der Waals surface area contributed by atoms with Crippen LogP contribution in [0.1, 0.15) is 31.1 Å². The van der Waals surface area contributed by atoms with E-state index in [4.69, 9.17) is 10.5 Å². The van der Waals surface area contributed by atoms with Crippen molar-refractivity contribution in [3.8, 4) is 5.75 Å². The highest BCUT2D eigenvalue weighted by atomic mass is 16.5. The van der Waals surface area contributed by atoms with Crippen LogP contribution in [0, 0.1) is 5.92 Å². The predicted octanol–water partition coefficient (Wildman–Crippen LogP) is 2.18. The van der Waals surface area contributed by atoms with Crippen LogP contribution >= 0.6 is 0 Å². The van der Waals surface area contributed by atoms with Crippen molar-refractivity contribution < 1.29 is 14.6 Å². The molecule has 0 aliphatic carbocycles. The molecule has 0 saturated heterocycles. The van der Waals surface area contributed by atoms with Gasteiger partial charge in [0.1, 0.15) is 11.9 Å². The SMILES string of the molecule is CC(C)C(C)OC(=O)c1ccc(N)c(O)c1. The van der Waals surface area contributed by atoms with Crippen molar-refractivity contribution in [3.63, 3.8) is 0 Å². The first-order valence-corrected chi connectivity index (χ1v) is 5.21. The van der Waals surface area contributed by atoms with Crippen molar-refractivity contribution in [2.24, 2.45) is 5.92 Å². The van der Waals surface area contributed by atoms with Crippen LogP contribution in [0.25, 0.3) is 0 Å². The molecule has 1 atom stereocenters. The number of nitrogens with two attached hydrogens (primary N) is 1. The summed E-state index contributed by atoms with van der Waals surface area (Å²) in [5, 5.41) is 9.36. The number of nitrogen functional groups attached to an aromatic ring is 1. The average molecular weight is 223 g/mol.